The average molecular weight is 185 g/mol. The molecule has 2 N–H and O–H groups in total. The lowest BCUT2D eigenvalue weighted by Gasteiger charge is -2.05. The van der Waals surface area contributed by atoms with Gasteiger partial charge in [0.2, 0.25) is 0 Å². The summed E-state index contributed by atoms with van der Waals surface area (Å²) in [5.41, 5.74) is 5.45. The zero-order valence-electron chi connectivity index (χ0n) is 7.99. The van der Waals surface area contributed by atoms with Gasteiger partial charge >= 0.3 is 0 Å². The Morgan fingerprint density at radius 3 is 2.92 bits per heavy atom. The number of methoxy groups -OCH3 is 1. The van der Waals surface area contributed by atoms with Crippen LogP contribution in [0.4, 0.5) is 0 Å². The zero-order chi connectivity index (χ0) is 9.68. The third-order valence-electron chi connectivity index (χ3n) is 1.73. The van der Waals surface area contributed by atoms with Gasteiger partial charge in [-0.3, -0.25) is 0 Å². The number of hydrogen-bond acceptors (Lipinski definition) is 5. The summed E-state index contributed by atoms with van der Waals surface area (Å²) in [6, 6.07) is 0. The van der Waals surface area contributed by atoms with Crippen LogP contribution in [0.25, 0.3) is 0 Å². The summed E-state index contributed by atoms with van der Waals surface area (Å²) in [6.07, 6.45) is 1.54. The molecule has 0 aliphatic carbocycles. The quantitative estimate of drug-likeness (QED) is 0.729. The molecule has 0 amide bonds. The maximum Gasteiger partial charge on any atom is 0.257 e. The molecule has 1 atom stereocenters. The van der Waals surface area contributed by atoms with E-state index in [2.05, 4.69) is 17.1 Å². The molecular weight excluding hydrogens is 170 g/mol. The Morgan fingerprint density at radius 2 is 2.38 bits per heavy atom. The molecule has 1 unspecified atom stereocenters. The molecule has 0 aromatic carbocycles. The minimum Gasteiger partial charge on any atom is -0.370 e. The van der Waals surface area contributed by atoms with E-state index in [4.69, 9.17) is 15.0 Å². The van der Waals surface area contributed by atoms with Gasteiger partial charge in [0.15, 0.2) is 5.82 Å². The van der Waals surface area contributed by atoms with E-state index >= 15 is 0 Å². The van der Waals surface area contributed by atoms with Crippen LogP contribution in [0.15, 0.2) is 4.52 Å². The molecule has 0 bridgehead atoms. The fourth-order valence-corrected chi connectivity index (χ4v) is 1.02. The van der Waals surface area contributed by atoms with E-state index in [1.165, 1.54) is 0 Å². The van der Waals surface area contributed by atoms with Gasteiger partial charge in [-0.25, -0.2) is 0 Å². The number of aryl methyl sites for hydroxylation is 1. The molecule has 1 heterocycles. The molecule has 0 aliphatic rings. The first-order valence-corrected chi connectivity index (χ1v) is 4.37. The van der Waals surface area contributed by atoms with Crippen LogP contribution in [0, 0.1) is 0 Å². The Bertz CT molecular complexity index is 245. The minimum absolute atomic E-state index is 0.280. The highest BCUT2D eigenvalue weighted by molar-refractivity contribution is 4.90. The van der Waals surface area contributed by atoms with Crippen molar-refractivity contribution in [3.05, 3.63) is 11.7 Å². The van der Waals surface area contributed by atoms with Crippen LogP contribution in [-0.2, 0) is 11.2 Å². The molecule has 13 heavy (non-hydrogen) atoms. The number of rotatable bonds is 5. The Morgan fingerprint density at radius 1 is 1.62 bits per heavy atom. The van der Waals surface area contributed by atoms with E-state index in [-0.39, 0.29) is 6.10 Å². The van der Waals surface area contributed by atoms with Crippen LogP contribution in [0.2, 0.25) is 0 Å². The van der Waals surface area contributed by atoms with E-state index < -0.39 is 0 Å². The van der Waals surface area contributed by atoms with Gasteiger partial charge in [-0.15, -0.1) is 0 Å². The second kappa shape index (κ2) is 4.94. The van der Waals surface area contributed by atoms with Crippen LogP contribution in [-0.4, -0.2) is 23.8 Å². The van der Waals surface area contributed by atoms with E-state index in [0.29, 0.717) is 18.3 Å². The van der Waals surface area contributed by atoms with Gasteiger partial charge in [0, 0.05) is 20.1 Å². The van der Waals surface area contributed by atoms with E-state index in [1.807, 2.05) is 0 Å². The van der Waals surface area contributed by atoms with Crippen molar-refractivity contribution in [3.63, 3.8) is 0 Å². The van der Waals surface area contributed by atoms with Gasteiger partial charge < -0.3 is 15.0 Å². The van der Waals surface area contributed by atoms with Gasteiger partial charge in [0.05, 0.1) is 0 Å². The lowest BCUT2D eigenvalue weighted by molar-refractivity contribution is 0.0804. The molecule has 0 spiro atoms. The SMILES string of the molecule is CCCc1noc(C(CN)OC)n1. The van der Waals surface area contributed by atoms with Gasteiger partial charge in [-0.1, -0.05) is 12.1 Å². The molecule has 5 heteroatoms. The predicted molar refractivity (Wildman–Crippen MR) is 47.1 cm³/mol. The third-order valence-corrected chi connectivity index (χ3v) is 1.73. The van der Waals surface area contributed by atoms with Gasteiger partial charge in [0.25, 0.3) is 5.89 Å². The van der Waals surface area contributed by atoms with Crippen molar-refractivity contribution in [2.75, 3.05) is 13.7 Å². The Kier molecular flexibility index (Phi) is 3.85. The van der Waals surface area contributed by atoms with Gasteiger partial charge in [-0.2, -0.15) is 4.98 Å². The van der Waals surface area contributed by atoms with Crippen molar-refractivity contribution in [2.24, 2.45) is 5.73 Å². The molecule has 1 rings (SSSR count). The first kappa shape index (κ1) is 10.1. The number of ether oxygens (including phenoxy) is 1. The van der Waals surface area contributed by atoms with E-state index in [0.717, 1.165) is 12.8 Å². The van der Waals surface area contributed by atoms with Crippen molar-refractivity contribution in [1.29, 1.82) is 0 Å². The number of nitrogens with two attached hydrogens (primary N) is 1. The number of aromatic nitrogens is 2. The van der Waals surface area contributed by atoms with Crippen LogP contribution in [0.5, 0.6) is 0 Å². The Hall–Kier alpha value is -0.940. The van der Waals surface area contributed by atoms with Crippen molar-refractivity contribution < 1.29 is 9.26 Å². The molecule has 0 saturated heterocycles. The number of hydrogen-bond donors (Lipinski definition) is 1. The zero-order valence-corrected chi connectivity index (χ0v) is 7.99. The topological polar surface area (TPSA) is 74.2 Å². The second-order valence-corrected chi connectivity index (χ2v) is 2.76. The van der Waals surface area contributed by atoms with Gasteiger partial charge in [0.1, 0.15) is 6.10 Å². The van der Waals surface area contributed by atoms with Crippen molar-refractivity contribution in [1.82, 2.24) is 10.1 Å². The minimum atomic E-state index is -0.280. The van der Waals surface area contributed by atoms with Crippen LogP contribution < -0.4 is 5.73 Å². The summed E-state index contributed by atoms with van der Waals surface area (Å²) in [7, 11) is 1.57. The summed E-state index contributed by atoms with van der Waals surface area (Å²) in [5, 5.41) is 3.80. The molecule has 0 saturated carbocycles. The monoisotopic (exact) mass is 185 g/mol. The van der Waals surface area contributed by atoms with Crippen LogP contribution >= 0.6 is 0 Å². The predicted octanol–water partition coefficient (Wildman–Crippen LogP) is 0.668. The van der Waals surface area contributed by atoms with E-state index in [9.17, 15) is 0 Å². The molecule has 0 radical (unpaired) electrons. The molecular formula is C8H15N3O2. The standard InChI is InChI=1S/C8H15N3O2/c1-3-4-7-10-8(13-11-7)6(5-9)12-2/h6H,3-5,9H2,1-2H3. The van der Waals surface area contributed by atoms with Crippen molar-refractivity contribution in [2.45, 2.75) is 25.9 Å². The molecule has 5 nitrogen and oxygen atoms in total. The first-order chi connectivity index (χ1) is 6.31. The van der Waals surface area contributed by atoms with Crippen LogP contribution in [0.3, 0.4) is 0 Å². The third kappa shape index (κ3) is 2.50. The van der Waals surface area contributed by atoms with Crippen LogP contribution in [0.1, 0.15) is 31.2 Å². The number of nitrogens with zero attached hydrogens (tertiary/aromatic N) is 2. The highest BCUT2D eigenvalue weighted by Gasteiger charge is 2.15. The summed E-state index contributed by atoms with van der Waals surface area (Å²) < 4.78 is 10.1. The first-order valence-electron chi connectivity index (χ1n) is 4.37. The summed E-state index contributed by atoms with van der Waals surface area (Å²) >= 11 is 0. The van der Waals surface area contributed by atoms with E-state index in [1.54, 1.807) is 7.11 Å². The van der Waals surface area contributed by atoms with Crippen molar-refractivity contribution >= 4 is 0 Å². The summed E-state index contributed by atoms with van der Waals surface area (Å²) in [4.78, 5) is 4.16. The fraction of sp³-hybridized carbons (Fsp3) is 0.750. The molecule has 74 valence electrons. The summed E-state index contributed by atoms with van der Waals surface area (Å²) in [6.45, 7) is 2.41. The molecule has 0 aliphatic heterocycles. The maximum absolute atomic E-state index is 5.45. The van der Waals surface area contributed by atoms with Crippen molar-refractivity contribution in [3.8, 4) is 0 Å². The Balaban J connectivity index is 2.66. The van der Waals surface area contributed by atoms with Gasteiger partial charge in [-0.05, 0) is 6.42 Å². The summed E-state index contributed by atoms with van der Waals surface area (Å²) in [5.74, 6) is 1.18. The Labute approximate surface area is 77.3 Å². The molecule has 1 aromatic rings. The maximum atomic E-state index is 5.45. The smallest absolute Gasteiger partial charge is 0.257 e. The highest BCUT2D eigenvalue weighted by atomic mass is 16.5. The lowest BCUT2D eigenvalue weighted by Crippen LogP contribution is -2.14. The molecule has 1 aromatic heterocycles. The lowest BCUT2D eigenvalue weighted by atomic mass is 10.3. The normalized spacial score (nSPS) is 13.2. The largest absolute Gasteiger partial charge is 0.370 e. The highest BCUT2D eigenvalue weighted by Crippen LogP contribution is 2.12. The second-order valence-electron chi connectivity index (χ2n) is 2.76. The fourth-order valence-electron chi connectivity index (χ4n) is 1.02. The average Bonchev–Trinajstić information content (AvgIpc) is 2.56. The molecule has 0 fully saturated rings.